The number of hydrogen-bond acceptors (Lipinski definition) is 2. The van der Waals surface area contributed by atoms with Gasteiger partial charge in [-0.15, -0.1) is 6.58 Å². The summed E-state index contributed by atoms with van der Waals surface area (Å²) < 4.78 is 0. The van der Waals surface area contributed by atoms with Crippen molar-refractivity contribution in [1.82, 2.24) is 4.90 Å². The monoisotopic (exact) mass is 232 g/mol. The van der Waals surface area contributed by atoms with Crippen molar-refractivity contribution in [3.63, 3.8) is 0 Å². The lowest BCUT2D eigenvalue weighted by Crippen LogP contribution is -2.47. The van der Waals surface area contributed by atoms with E-state index in [4.69, 9.17) is 5.73 Å². The van der Waals surface area contributed by atoms with E-state index in [1.807, 2.05) is 24.3 Å². The van der Waals surface area contributed by atoms with Crippen LogP contribution in [-0.2, 0) is 5.54 Å². The summed E-state index contributed by atoms with van der Waals surface area (Å²) in [6.45, 7) is 12.0. The van der Waals surface area contributed by atoms with Gasteiger partial charge in [0.05, 0.1) is 5.54 Å². The molecule has 1 atom stereocenters. The largest absolute Gasteiger partial charge is 0.321 e. The van der Waals surface area contributed by atoms with Crippen LogP contribution in [0, 0.1) is 0 Å². The summed E-state index contributed by atoms with van der Waals surface area (Å²) >= 11 is 0. The van der Waals surface area contributed by atoms with Crippen LogP contribution >= 0.6 is 0 Å². The Morgan fingerprint density at radius 1 is 1.35 bits per heavy atom. The SMILES string of the molecule is C=CCN(CC(C)(N)c1ccccc1)C(C)C. The third kappa shape index (κ3) is 3.99. The van der Waals surface area contributed by atoms with Gasteiger partial charge in [-0.2, -0.15) is 0 Å². The fourth-order valence-corrected chi connectivity index (χ4v) is 1.96. The van der Waals surface area contributed by atoms with E-state index >= 15 is 0 Å². The second kappa shape index (κ2) is 5.99. The van der Waals surface area contributed by atoms with Gasteiger partial charge in [-0.25, -0.2) is 0 Å². The molecule has 1 aromatic carbocycles. The highest BCUT2D eigenvalue weighted by Gasteiger charge is 2.24. The zero-order chi connectivity index (χ0) is 12.9. The molecule has 2 heteroatoms. The maximum Gasteiger partial charge on any atom is 0.0510 e. The summed E-state index contributed by atoms with van der Waals surface area (Å²) in [7, 11) is 0. The molecule has 2 nitrogen and oxygen atoms in total. The lowest BCUT2D eigenvalue weighted by atomic mass is 9.92. The first kappa shape index (κ1) is 13.9. The molecule has 0 saturated carbocycles. The van der Waals surface area contributed by atoms with Crippen molar-refractivity contribution in [2.24, 2.45) is 5.73 Å². The fourth-order valence-electron chi connectivity index (χ4n) is 1.96. The van der Waals surface area contributed by atoms with E-state index in [1.165, 1.54) is 5.56 Å². The molecule has 0 amide bonds. The van der Waals surface area contributed by atoms with Crippen molar-refractivity contribution in [3.8, 4) is 0 Å². The molecule has 0 aromatic heterocycles. The van der Waals surface area contributed by atoms with Crippen molar-refractivity contribution in [3.05, 3.63) is 48.6 Å². The third-order valence-electron chi connectivity index (χ3n) is 3.06. The predicted octanol–water partition coefficient (Wildman–Crippen LogP) is 2.76. The van der Waals surface area contributed by atoms with Gasteiger partial charge in [0.25, 0.3) is 0 Å². The van der Waals surface area contributed by atoms with Gasteiger partial charge in [-0.3, -0.25) is 4.90 Å². The van der Waals surface area contributed by atoms with Gasteiger partial charge >= 0.3 is 0 Å². The molecule has 0 radical (unpaired) electrons. The molecule has 94 valence electrons. The van der Waals surface area contributed by atoms with Crippen LogP contribution in [0.25, 0.3) is 0 Å². The first-order valence-electron chi connectivity index (χ1n) is 6.16. The van der Waals surface area contributed by atoms with Crippen molar-refractivity contribution in [1.29, 1.82) is 0 Å². The number of hydrogen-bond donors (Lipinski definition) is 1. The lowest BCUT2D eigenvalue weighted by Gasteiger charge is -2.34. The highest BCUT2D eigenvalue weighted by Crippen LogP contribution is 2.19. The van der Waals surface area contributed by atoms with E-state index in [-0.39, 0.29) is 5.54 Å². The van der Waals surface area contributed by atoms with Gasteiger partial charge in [0.2, 0.25) is 0 Å². The maximum absolute atomic E-state index is 6.43. The Balaban J connectivity index is 2.80. The molecule has 0 aliphatic carbocycles. The quantitative estimate of drug-likeness (QED) is 0.764. The van der Waals surface area contributed by atoms with E-state index in [1.54, 1.807) is 0 Å². The number of nitrogens with two attached hydrogens (primary N) is 1. The number of benzene rings is 1. The Hall–Kier alpha value is -1.12. The average molecular weight is 232 g/mol. The molecule has 0 heterocycles. The van der Waals surface area contributed by atoms with Crippen LogP contribution in [0.1, 0.15) is 26.3 Å². The normalized spacial score (nSPS) is 14.9. The van der Waals surface area contributed by atoms with Crippen LogP contribution in [-0.4, -0.2) is 24.0 Å². The number of nitrogens with zero attached hydrogens (tertiary/aromatic N) is 1. The molecule has 1 rings (SSSR count). The van der Waals surface area contributed by atoms with Gasteiger partial charge in [0, 0.05) is 19.1 Å². The van der Waals surface area contributed by atoms with Crippen molar-refractivity contribution < 1.29 is 0 Å². The van der Waals surface area contributed by atoms with Gasteiger partial charge in [0.15, 0.2) is 0 Å². The van der Waals surface area contributed by atoms with Crippen molar-refractivity contribution >= 4 is 0 Å². The highest BCUT2D eigenvalue weighted by molar-refractivity contribution is 5.23. The molecule has 0 fully saturated rings. The van der Waals surface area contributed by atoms with E-state index in [2.05, 4.69) is 44.4 Å². The van der Waals surface area contributed by atoms with Crippen molar-refractivity contribution in [2.75, 3.05) is 13.1 Å². The van der Waals surface area contributed by atoms with Gasteiger partial charge in [0.1, 0.15) is 0 Å². The van der Waals surface area contributed by atoms with Crippen LogP contribution in [0.2, 0.25) is 0 Å². The first-order chi connectivity index (χ1) is 7.97. The molecule has 0 aliphatic heterocycles. The predicted molar refractivity (Wildman–Crippen MR) is 74.9 cm³/mol. The number of rotatable bonds is 6. The third-order valence-corrected chi connectivity index (χ3v) is 3.06. The summed E-state index contributed by atoms with van der Waals surface area (Å²) in [5, 5.41) is 0. The minimum atomic E-state index is -0.325. The average Bonchev–Trinajstić information content (AvgIpc) is 2.29. The second-order valence-electron chi connectivity index (χ2n) is 5.10. The second-order valence-corrected chi connectivity index (χ2v) is 5.10. The first-order valence-corrected chi connectivity index (χ1v) is 6.16. The molecule has 0 spiro atoms. The summed E-state index contributed by atoms with van der Waals surface area (Å²) in [5.74, 6) is 0. The lowest BCUT2D eigenvalue weighted by molar-refractivity contribution is 0.195. The zero-order valence-corrected chi connectivity index (χ0v) is 11.2. The zero-order valence-electron chi connectivity index (χ0n) is 11.2. The minimum Gasteiger partial charge on any atom is -0.321 e. The Kier molecular flexibility index (Phi) is 4.91. The molecule has 0 aliphatic rings. The fraction of sp³-hybridized carbons (Fsp3) is 0.467. The topological polar surface area (TPSA) is 29.3 Å². The smallest absolute Gasteiger partial charge is 0.0510 e. The van der Waals surface area contributed by atoms with Crippen LogP contribution < -0.4 is 5.73 Å². The van der Waals surface area contributed by atoms with Crippen molar-refractivity contribution in [2.45, 2.75) is 32.4 Å². The highest BCUT2D eigenvalue weighted by atomic mass is 15.2. The van der Waals surface area contributed by atoms with Gasteiger partial charge in [-0.1, -0.05) is 36.4 Å². The Labute approximate surface area is 105 Å². The Morgan fingerprint density at radius 2 is 1.94 bits per heavy atom. The summed E-state index contributed by atoms with van der Waals surface area (Å²) in [5.41, 5.74) is 7.28. The Morgan fingerprint density at radius 3 is 2.41 bits per heavy atom. The minimum absolute atomic E-state index is 0.325. The van der Waals surface area contributed by atoms with Crippen LogP contribution in [0.4, 0.5) is 0 Å². The van der Waals surface area contributed by atoms with Gasteiger partial charge < -0.3 is 5.73 Å². The van der Waals surface area contributed by atoms with E-state index < -0.39 is 0 Å². The standard InChI is InChI=1S/C15H24N2/c1-5-11-17(13(2)3)12-15(4,16)14-9-7-6-8-10-14/h5-10,13H,1,11-12,16H2,2-4H3. The van der Waals surface area contributed by atoms with Crippen LogP contribution in [0.3, 0.4) is 0 Å². The molecular weight excluding hydrogens is 208 g/mol. The Bertz CT molecular complexity index is 341. The van der Waals surface area contributed by atoms with Crippen LogP contribution in [0.15, 0.2) is 43.0 Å². The van der Waals surface area contributed by atoms with E-state index in [9.17, 15) is 0 Å². The molecule has 0 saturated heterocycles. The van der Waals surface area contributed by atoms with E-state index in [0.29, 0.717) is 6.04 Å². The maximum atomic E-state index is 6.43. The molecule has 1 aromatic rings. The molecule has 2 N–H and O–H groups in total. The molecule has 17 heavy (non-hydrogen) atoms. The summed E-state index contributed by atoms with van der Waals surface area (Å²) in [6, 6.07) is 10.7. The molecular formula is C15H24N2. The van der Waals surface area contributed by atoms with Gasteiger partial charge in [-0.05, 0) is 26.3 Å². The summed E-state index contributed by atoms with van der Waals surface area (Å²) in [6.07, 6.45) is 1.93. The van der Waals surface area contributed by atoms with E-state index in [0.717, 1.165) is 13.1 Å². The molecule has 0 bridgehead atoms. The molecule has 1 unspecified atom stereocenters. The summed E-state index contributed by atoms with van der Waals surface area (Å²) in [4.78, 5) is 2.33. The van der Waals surface area contributed by atoms with Crippen LogP contribution in [0.5, 0.6) is 0 Å².